The summed E-state index contributed by atoms with van der Waals surface area (Å²) in [7, 11) is 0. The zero-order valence-electron chi connectivity index (χ0n) is 8.96. The van der Waals surface area contributed by atoms with Crippen molar-refractivity contribution < 1.29 is 9.66 Å². The highest BCUT2D eigenvalue weighted by Crippen LogP contribution is 2.25. The second-order valence-corrected chi connectivity index (χ2v) is 3.80. The van der Waals surface area contributed by atoms with E-state index in [0.717, 1.165) is 25.0 Å². The predicted octanol–water partition coefficient (Wildman–Crippen LogP) is 3.07. The molecule has 0 aromatic heterocycles. The first-order valence-electron chi connectivity index (χ1n) is 5.23. The Labute approximate surface area is 100 Å². The Morgan fingerprint density at radius 1 is 1.25 bits per heavy atom. The van der Waals surface area contributed by atoms with Gasteiger partial charge < -0.3 is 4.74 Å². The van der Waals surface area contributed by atoms with Crippen LogP contribution in [0.4, 0.5) is 5.69 Å². The molecule has 0 radical (unpaired) electrons. The first kappa shape index (κ1) is 12.8. The van der Waals surface area contributed by atoms with Gasteiger partial charge >= 0.3 is 5.69 Å². The largest absolute Gasteiger partial charge is 0.487 e. The standard InChI is InChI=1S/C11H15NO3S/c13-12(14)10-6-2-3-7-11(10)15-8-4-1-5-9-16/h2-3,6-7,16H,1,4-5,8-9H2. The van der Waals surface area contributed by atoms with Gasteiger partial charge in [0.2, 0.25) is 0 Å². The molecule has 0 saturated carbocycles. The van der Waals surface area contributed by atoms with Gasteiger partial charge in [-0.25, -0.2) is 0 Å². The highest BCUT2D eigenvalue weighted by Gasteiger charge is 2.12. The summed E-state index contributed by atoms with van der Waals surface area (Å²) < 4.78 is 5.38. The second kappa shape index (κ2) is 7.11. The van der Waals surface area contributed by atoms with Gasteiger partial charge in [-0.15, -0.1) is 0 Å². The first-order chi connectivity index (χ1) is 7.75. The molecule has 0 aliphatic heterocycles. The van der Waals surface area contributed by atoms with Crippen LogP contribution in [0, 0.1) is 10.1 Å². The molecule has 0 spiro atoms. The Hall–Kier alpha value is -1.23. The molecule has 16 heavy (non-hydrogen) atoms. The normalized spacial score (nSPS) is 10.1. The monoisotopic (exact) mass is 241 g/mol. The number of hydrogen-bond acceptors (Lipinski definition) is 4. The molecule has 0 aliphatic carbocycles. The van der Waals surface area contributed by atoms with Crippen molar-refractivity contribution in [2.75, 3.05) is 12.4 Å². The lowest BCUT2D eigenvalue weighted by atomic mass is 10.2. The van der Waals surface area contributed by atoms with E-state index in [9.17, 15) is 10.1 Å². The molecular weight excluding hydrogens is 226 g/mol. The van der Waals surface area contributed by atoms with E-state index in [4.69, 9.17) is 4.74 Å². The molecule has 88 valence electrons. The zero-order chi connectivity index (χ0) is 11.8. The number of nitrogens with zero attached hydrogens (tertiary/aromatic N) is 1. The molecule has 5 heteroatoms. The highest BCUT2D eigenvalue weighted by atomic mass is 32.1. The van der Waals surface area contributed by atoms with Crippen LogP contribution < -0.4 is 4.74 Å². The third kappa shape index (κ3) is 4.10. The molecule has 1 aromatic carbocycles. The van der Waals surface area contributed by atoms with Crippen LogP contribution in [0.2, 0.25) is 0 Å². The quantitative estimate of drug-likeness (QED) is 0.345. The van der Waals surface area contributed by atoms with Crippen LogP contribution in [-0.2, 0) is 0 Å². The molecule has 0 fully saturated rings. The smallest absolute Gasteiger partial charge is 0.310 e. The SMILES string of the molecule is O=[N+]([O-])c1ccccc1OCCCCCS. The molecule has 0 bridgehead atoms. The maximum Gasteiger partial charge on any atom is 0.310 e. The van der Waals surface area contributed by atoms with Gasteiger partial charge in [0, 0.05) is 6.07 Å². The van der Waals surface area contributed by atoms with Gasteiger partial charge in [-0.2, -0.15) is 12.6 Å². The van der Waals surface area contributed by atoms with Gasteiger partial charge in [0.25, 0.3) is 0 Å². The number of benzene rings is 1. The minimum Gasteiger partial charge on any atom is -0.487 e. The van der Waals surface area contributed by atoms with Crippen LogP contribution in [0.25, 0.3) is 0 Å². The lowest BCUT2D eigenvalue weighted by Crippen LogP contribution is -2.00. The molecular formula is C11H15NO3S. The zero-order valence-corrected chi connectivity index (χ0v) is 9.86. The third-order valence-electron chi connectivity index (χ3n) is 2.12. The van der Waals surface area contributed by atoms with Gasteiger partial charge in [-0.05, 0) is 31.1 Å². The maximum atomic E-state index is 10.7. The van der Waals surface area contributed by atoms with E-state index < -0.39 is 4.92 Å². The maximum absolute atomic E-state index is 10.7. The molecule has 0 N–H and O–H groups in total. The Bertz CT molecular complexity index is 344. The lowest BCUT2D eigenvalue weighted by Gasteiger charge is -2.05. The van der Waals surface area contributed by atoms with E-state index >= 15 is 0 Å². The molecule has 0 unspecified atom stereocenters. The minimum absolute atomic E-state index is 0.0247. The van der Waals surface area contributed by atoms with E-state index in [-0.39, 0.29) is 5.69 Å². The van der Waals surface area contributed by atoms with Crippen LogP contribution in [0.1, 0.15) is 19.3 Å². The van der Waals surface area contributed by atoms with Crippen LogP contribution in [0.3, 0.4) is 0 Å². The number of nitro groups is 1. The van der Waals surface area contributed by atoms with Crippen LogP contribution in [-0.4, -0.2) is 17.3 Å². The summed E-state index contributed by atoms with van der Waals surface area (Å²) in [5.41, 5.74) is 0.0247. The fraction of sp³-hybridized carbons (Fsp3) is 0.455. The fourth-order valence-electron chi connectivity index (χ4n) is 1.30. The van der Waals surface area contributed by atoms with Crippen molar-refractivity contribution in [2.24, 2.45) is 0 Å². The molecule has 0 aliphatic rings. The van der Waals surface area contributed by atoms with Crippen molar-refractivity contribution in [1.29, 1.82) is 0 Å². The van der Waals surface area contributed by atoms with Crippen molar-refractivity contribution in [2.45, 2.75) is 19.3 Å². The van der Waals surface area contributed by atoms with Crippen LogP contribution >= 0.6 is 12.6 Å². The number of rotatable bonds is 7. The van der Waals surface area contributed by atoms with Crippen LogP contribution in [0.15, 0.2) is 24.3 Å². The fourth-order valence-corrected chi connectivity index (χ4v) is 1.53. The number of para-hydroxylation sites is 2. The summed E-state index contributed by atoms with van der Waals surface area (Å²) in [5, 5.41) is 10.7. The Morgan fingerprint density at radius 2 is 2.00 bits per heavy atom. The topological polar surface area (TPSA) is 52.4 Å². The van der Waals surface area contributed by atoms with Gasteiger partial charge in [0.05, 0.1) is 11.5 Å². The molecule has 1 rings (SSSR count). The Balaban J connectivity index is 2.44. The van der Waals surface area contributed by atoms with Crippen molar-refractivity contribution in [1.82, 2.24) is 0 Å². The van der Waals surface area contributed by atoms with E-state index in [1.54, 1.807) is 18.2 Å². The van der Waals surface area contributed by atoms with E-state index in [1.165, 1.54) is 6.07 Å². The number of nitro benzene ring substituents is 1. The Morgan fingerprint density at radius 3 is 2.69 bits per heavy atom. The number of unbranched alkanes of at least 4 members (excludes halogenated alkanes) is 2. The van der Waals surface area contributed by atoms with Gasteiger partial charge in [-0.1, -0.05) is 12.1 Å². The van der Waals surface area contributed by atoms with E-state index in [1.807, 2.05) is 0 Å². The molecule has 0 heterocycles. The first-order valence-corrected chi connectivity index (χ1v) is 5.86. The van der Waals surface area contributed by atoms with Crippen molar-refractivity contribution in [3.05, 3.63) is 34.4 Å². The molecule has 0 atom stereocenters. The number of ether oxygens (including phenoxy) is 1. The number of thiol groups is 1. The average Bonchev–Trinajstić information content (AvgIpc) is 2.29. The van der Waals surface area contributed by atoms with Gasteiger partial charge in [0.1, 0.15) is 0 Å². The average molecular weight is 241 g/mol. The highest BCUT2D eigenvalue weighted by molar-refractivity contribution is 7.80. The summed E-state index contributed by atoms with van der Waals surface area (Å²) in [6, 6.07) is 6.43. The molecule has 0 amide bonds. The van der Waals surface area contributed by atoms with E-state index in [0.29, 0.717) is 12.4 Å². The summed E-state index contributed by atoms with van der Waals surface area (Å²) in [4.78, 5) is 10.2. The van der Waals surface area contributed by atoms with Crippen molar-refractivity contribution in [3.63, 3.8) is 0 Å². The minimum atomic E-state index is -0.428. The summed E-state index contributed by atoms with van der Waals surface area (Å²) >= 11 is 4.11. The third-order valence-corrected chi connectivity index (χ3v) is 2.44. The summed E-state index contributed by atoms with van der Waals surface area (Å²) in [5.74, 6) is 1.21. The van der Waals surface area contributed by atoms with Gasteiger partial charge in [-0.3, -0.25) is 10.1 Å². The van der Waals surface area contributed by atoms with Gasteiger partial charge in [0.15, 0.2) is 5.75 Å². The molecule has 1 aromatic rings. The summed E-state index contributed by atoms with van der Waals surface area (Å²) in [6.45, 7) is 0.513. The second-order valence-electron chi connectivity index (χ2n) is 3.36. The lowest BCUT2D eigenvalue weighted by molar-refractivity contribution is -0.385. The number of hydrogen-bond donors (Lipinski definition) is 1. The Kier molecular flexibility index (Phi) is 5.71. The predicted molar refractivity (Wildman–Crippen MR) is 66.3 cm³/mol. The summed E-state index contributed by atoms with van der Waals surface area (Å²) in [6.07, 6.45) is 2.97. The van der Waals surface area contributed by atoms with E-state index in [2.05, 4.69) is 12.6 Å². The molecule has 0 saturated heterocycles. The van der Waals surface area contributed by atoms with Crippen molar-refractivity contribution in [3.8, 4) is 5.75 Å². The van der Waals surface area contributed by atoms with Crippen LogP contribution in [0.5, 0.6) is 5.75 Å². The van der Waals surface area contributed by atoms with Crippen molar-refractivity contribution >= 4 is 18.3 Å². The molecule has 4 nitrogen and oxygen atoms in total.